The van der Waals surface area contributed by atoms with E-state index in [4.69, 9.17) is 9.47 Å². The van der Waals surface area contributed by atoms with Crippen molar-refractivity contribution >= 4 is 0 Å². The molecule has 114 valence electrons. The summed E-state index contributed by atoms with van der Waals surface area (Å²) in [6.07, 6.45) is 5.48. The molecule has 0 aromatic heterocycles. The van der Waals surface area contributed by atoms with Crippen LogP contribution in [0, 0.1) is 5.41 Å². The minimum Gasteiger partial charge on any atom is -0.376 e. The fourth-order valence-corrected chi connectivity index (χ4v) is 2.74. The number of rotatable bonds is 8. The fourth-order valence-electron chi connectivity index (χ4n) is 2.74. The summed E-state index contributed by atoms with van der Waals surface area (Å²) in [5.74, 6) is 0. The summed E-state index contributed by atoms with van der Waals surface area (Å²) < 4.78 is 11.6. The molecule has 0 spiro atoms. The largest absolute Gasteiger partial charge is 0.376 e. The number of hydrogen-bond donors (Lipinski definition) is 1. The Hall–Kier alpha value is -0.120. The zero-order valence-electron chi connectivity index (χ0n) is 13.5. The first-order valence-electron chi connectivity index (χ1n) is 7.91. The van der Waals surface area contributed by atoms with E-state index in [0.29, 0.717) is 36.9 Å². The predicted octanol–water partition coefficient (Wildman–Crippen LogP) is 3.37. The van der Waals surface area contributed by atoms with Gasteiger partial charge in [-0.1, -0.05) is 20.8 Å². The summed E-state index contributed by atoms with van der Waals surface area (Å²) >= 11 is 0. The summed E-state index contributed by atoms with van der Waals surface area (Å²) in [5.41, 5.74) is 0.411. The normalized spacial score (nSPS) is 26.8. The zero-order valence-corrected chi connectivity index (χ0v) is 13.5. The molecule has 2 atom stereocenters. The van der Waals surface area contributed by atoms with E-state index in [1.165, 1.54) is 19.3 Å². The fraction of sp³-hybridized carbons (Fsp3) is 1.00. The van der Waals surface area contributed by atoms with Crippen LogP contribution in [0.3, 0.4) is 0 Å². The minimum absolute atomic E-state index is 0.292. The lowest BCUT2D eigenvalue weighted by atomic mass is 9.74. The van der Waals surface area contributed by atoms with Crippen LogP contribution in [0.25, 0.3) is 0 Å². The average molecular weight is 271 g/mol. The molecule has 0 aliphatic heterocycles. The van der Waals surface area contributed by atoms with Gasteiger partial charge in [0, 0.05) is 6.04 Å². The third-order valence-corrected chi connectivity index (χ3v) is 3.86. The van der Waals surface area contributed by atoms with Gasteiger partial charge in [0.05, 0.1) is 25.4 Å². The Kier molecular flexibility index (Phi) is 7.33. The molecule has 0 saturated heterocycles. The second-order valence-corrected chi connectivity index (χ2v) is 6.80. The van der Waals surface area contributed by atoms with Crippen LogP contribution >= 0.6 is 0 Å². The van der Waals surface area contributed by atoms with Crippen molar-refractivity contribution in [2.24, 2.45) is 5.41 Å². The van der Waals surface area contributed by atoms with Gasteiger partial charge in [0.1, 0.15) is 0 Å². The maximum absolute atomic E-state index is 6.09. The molecule has 0 aromatic carbocycles. The summed E-state index contributed by atoms with van der Waals surface area (Å²) in [6, 6.07) is 0.520. The van der Waals surface area contributed by atoms with Gasteiger partial charge in [-0.15, -0.1) is 0 Å². The zero-order chi connectivity index (χ0) is 14.3. The van der Waals surface area contributed by atoms with Crippen molar-refractivity contribution in [2.45, 2.75) is 78.6 Å². The Bertz CT molecular complexity index is 241. The topological polar surface area (TPSA) is 30.5 Å². The van der Waals surface area contributed by atoms with E-state index in [1.54, 1.807) is 0 Å². The SMILES string of the molecule is CCCNC1CCC(C)(C)CC1OCCOC(C)C. The Labute approximate surface area is 119 Å². The Morgan fingerprint density at radius 3 is 2.63 bits per heavy atom. The molecule has 1 N–H and O–H groups in total. The Morgan fingerprint density at radius 2 is 2.00 bits per heavy atom. The van der Waals surface area contributed by atoms with Crippen molar-refractivity contribution in [3.8, 4) is 0 Å². The first kappa shape index (κ1) is 16.9. The van der Waals surface area contributed by atoms with E-state index >= 15 is 0 Å². The minimum atomic E-state index is 0.292. The van der Waals surface area contributed by atoms with Crippen LogP contribution in [0.15, 0.2) is 0 Å². The molecule has 0 radical (unpaired) electrons. The quantitative estimate of drug-likeness (QED) is 0.687. The predicted molar refractivity (Wildman–Crippen MR) is 80.5 cm³/mol. The van der Waals surface area contributed by atoms with Crippen LogP contribution in [0.2, 0.25) is 0 Å². The van der Waals surface area contributed by atoms with Crippen molar-refractivity contribution in [1.82, 2.24) is 5.32 Å². The van der Waals surface area contributed by atoms with Crippen LogP contribution in [-0.4, -0.2) is 38.0 Å². The number of nitrogens with one attached hydrogen (secondary N) is 1. The molecule has 0 heterocycles. The molecule has 1 aliphatic carbocycles. The first-order chi connectivity index (χ1) is 8.94. The third-order valence-electron chi connectivity index (χ3n) is 3.86. The molecule has 1 saturated carbocycles. The molecule has 0 bridgehead atoms. The second-order valence-electron chi connectivity index (χ2n) is 6.80. The lowest BCUT2D eigenvalue weighted by molar-refractivity contribution is -0.0566. The van der Waals surface area contributed by atoms with Gasteiger partial charge in [-0.2, -0.15) is 0 Å². The van der Waals surface area contributed by atoms with Crippen molar-refractivity contribution in [3.05, 3.63) is 0 Å². The highest BCUT2D eigenvalue weighted by Gasteiger charge is 2.35. The highest BCUT2D eigenvalue weighted by molar-refractivity contribution is 4.89. The van der Waals surface area contributed by atoms with Gasteiger partial charge in [-0.25, -0.2) is 0 Å². The molecule has 0 amide bonds. The standard InChI is InChI=1S/C16H33NO2/c1-6-9-17-14-7-8-16(4,5)12-15(14)19-11-10-18-13(2)3/h13-15,17H,6-12H2,1-5H3. The van der Waals surface area contributed by atoms with Crippen molar-refractivity contribution in [2.75, 3.05) is 19.8 Å². The molecule has 1 fully saturated rings. The Balaban J connectivity index is 2.37. The van der Waals surface area contributed by atoms with Gasteiger partial charge in [0.15, 0.2) is 0 Å². The number of hydrogen-bond acceptors (Lipinski definition) is 3. The van der Waals surface area contributed by atoms with Crippen LogP contribution in [0.4, 0.5) is 0 Å². The van der Waals surface area contributed by atoms with Gasteiger partial charge in [-0.05, 0) is 51.5 Å². The van der Waals surface area contributed by atoms with Gasteiger partial charge >= 0.3 is 0 Å². The van der Waals surface area contributed by atoms with Gasteiger partial charge in [0.2, 0.25) is 0 Å². The second kappa shape index (κ2) is 8.23. The van der Waals surface area contributed by atoms with Crippen LogP contribution in [0.5, 0.6) is 0 Å². The van der Waals surface area contributed by atoms with Gasteiger partial charge in [-0.3, -0.25) is 0 Å². The van der Waals surface area contributed by atoms with E-state index in [1.807, 2.05) is 0 Å². The van der Waals surface area contributed by atoms with E-state index < -0.39 is 0 Å². The van der Waals surface area contributed by atoms with Crippen molar-refractivity contribution in [1.29, 1.82) is 0 Å². The molecular weight excluding hydrogens is 238 g/mol. The van der Waals surface area contributed by atoms with Crippen LogP contribution < -0.4 is 5.32 Å². The van der Waals surface area contributed by atoms with Crippen molar-refractivity contribution < 1.29 is 9.47 Å². The molecular formula is C16H33NO2. The van der Waals surface area contributed by atoms with Crippen LogP contribution in [0.1, 0.15) is 60.3 Å². The summed E-state index contributed by atoms with van der Waals surface area (Å²) in [4.78, 5) is 0. The molecule has 3 nitrogen and oxygen atoms in total. The number of ether oxygens (including phenoxy) is 2. The first-order valence-corrected chi connectivity index (χ1v) is 7.91. The third kappa shape index (κ3) is 6.73. The van der Waals surface area contributed by atoms with Crippen LogP contribution in [-0.2, 0) is 9.47 Å². The smallest absolute Gasteiger partial charge is 0.0734 e. The van der Waals surface area contributed by atoms with Gasteiger partial charge < -0.3 is 14.8 Å². The van der Waals surface area contributed by atoms with E-state index in [-0.39, 0.29) is 0 Å². The molecule has 1 rings (SSSR count). The summed E-state index contributed by atoms with van der Waals surface area (Å²) in [5, 5.41) is 3.64. The van der Waals surface area contributed by atoms with E-state index in [0.717, 1.165) is 13.0 Å². The molecule has 3 heteroatoms. The van der Waals surface area contributed by atoms with Gasteiger partial charge in [0.25, 0.3) is 0 Å². The highest BCUT2D eigenvalue weighted by atomic mass is 16.5. The maximum Gasteiger partial charge on any atom is 0.0734 e. The monoisotopic (exact) mass is 271 g/mol. The van der Waals surface area contributed by atoms with E-state index in [2.05, 4.69) is 39.9 Å². The van der Waals surface area contributed by atoms with Crippen molar-refractivity contribution in [3.63, 3.8) is 0 Å². The molecule has 0 aromatic rings. The van der Waals surface area contributed by atoms with E-state index in [9.17, 15) is 0 Å². The lowest BCUT2D eigenvalue weighted by Gasteiger charge is -2.41. The summed E-state index contributed by atoms with van der Waals surface area (Å²) in [7, 11) is 0. The molecule has 1 aliphatic rings. The molecule has 19 heavy (non-hydrogen) atoms. The maximum atomic E-state index is 6.09. The molecule has 2 unspecified atom stereocenters. The Morgan fingerprint density at radius 1 is 1.26 bits per heavy atom. The summed E-state index contributed by atoms with van der Waals surface area (Å²) in [6.45, 7) is 13.6. The average Bonchev–Trinajstić information content (AvgIpc) is 2.32. The highest BCUT2D eigenvalue weighted by Crippen LogP contribution is 2.36. The lowest BCUT2D eigenvalue weighted by Crippen LogP contribution is -2.48.